The maximum absolute atomic E-state index is 11.4. The van der Waals surface area contributed by atoms with E-state index < -0.39 is 0 Å². The molecule has 0 bridgehead atoms. The minimum absolute atomic E-state index is 0.119. The summed E-state index contributed by atoms with van der Waals surface area (Å²) in [5.41, 5.74) is 0.815. The number of Topliss-reactive ketones (excluding diaryl/α,β-unsaturated/α-hetero) is 1. The monoisotopic (exact) mass is 198 g/mol. The summed E-state index contributed by atoms with van der Waals surface area (Å²) in [4.78, 5) is 22.4. The first-order valence-electron chi connectivity index (χ1n) is 3.64. The third-order valence-electron chi connectivity index (χ3n) is 1.59. The molecule has 0 fully saturated rings. The van der Waals surface area contributed by atoms with Crippen LogP contribution in [0.2, 0.25) is 0 Å². The fourth-order valence-corrected chi connectivity index (χ4v) is 1.79. The quantitative estimate of drug-likeness (QED) is 0.332. The zero-order valence-corrected chi connectivity index (χ0v) is 8.22. The Kier molecular flexibility index (Phi) is 2.79. The molecule has 0 aromatic carbocycles. The molecule has 0 aliphatic heterocycles. The van der Waals surface area contributed by atoms with Gasteiger partial charge in [0.1, 0.15) is 0 Å². The van der Waals surface area contributed by atoms with Crippen molar-refractivity contribution < 1.29 is 9.59 Å². The number of hydrogen-bond donors (Lipinski definition) is 1. The molecule has 13 heavy (non-hydrogen) atoms. The molecule has 1 aromatic heterocycles. The summed E-state index contributed by atoms with van der Waals surface area (Å²) in [7, 11) is 1.45. The normalized spacial score (nSPS) is 9.77. The Labute approximate surface area is 79.9 Å². The highest BCUT2D eigenvalue weighted by Gasteiger charge is 2.16. The van der Waals surface area contributed by atoms with E-state index in [9.17, 15) is 9.59 Å². The first-order valence-corrected chi connectivity index (χ1v) is 4.58. The summed E-state index contributed by atoms with van der Waals surface area (Å²) in [6, 6.07) is 0. The van der Waals surface area contributed by atoms with Gasteiger partial charge in [0.2, 0.25) is 0 Å². The fourth-order valence-electron chi connectivity index (χ4n) is 0.925. The molecule has 2 N–H and O–H groups in total. The van der Waals surface area contributed by atoms with Crippen molar-refractivity contribution in [2.24, 2.45) is 5.84 Å². The second kappa shape index (κ2) is 3.68. The van der Waals surface area contributed by atoms with Crippen LogP contribution >= 0.6 is 11.3 Å². The van der Waals surface area contributed by atoms with Crippen LogP contribution in [0.4, 0.5) is 0 Å². The minimum atomic E-state index is -0.341. The topological polar surface area (TPSA) is 63.4 Å². The first kappa shape index (κ1) is 9.88. The van der Waals surface area contributed by atoms with Crippen LogP contribution in [0.15, 0.2) is 10.8 Å². The second-order valence-electron chi connectivity index (χ2n) is 2.67. The van der Waals surface area contributed by atoms with E-state index in [4.69, 9.17) is 5.84 Å². The van der Waals surface area contributed by atoms with Crippen molar-refractivity contribution in [2.75, 3.05) is 7.05 Å². The van der Waals surface area contributed by atoms with Crippen LogP contribution < -0.4 is 5.84 Å². The van der Waals surface area contributed by atoms with Crippen molar-refractivity contribution in [3.05, 3.63) is 21.9 Å². The standard InChI is InChI=1S/C8H10N2O2S/c1-5(11)6-3-13-4-7(6)8(12)10(2)9/h3-4H,9H2,1-2H3. The van der Waals surface area contributed by atoms with Crippen molar-refractivity contribution in [1.29, 1.82) is 0 Å². The van der Waals surface area contributed by atoms with Crippen LogP contribution in [0, 0.1) is 0 Å². The van der Waals surface area contributed by atoms with Gasteiger partial charge in [0.15, 0.2) is 5.78 Å². The lowest BCUT2D eigenvalue weighted by Crippen LogP contribution is -2.33. The lowest BCUT2D eigenvalue weighted by molar-refractivity contribution is 0.0790. The molecular formula is C8H10N2O2S. The Morgan fingerprint density at radius 2 is 1.92 bits per heavy atom. The smallest absolute Gasteiger partial charge is 0.269 e. The Morgan fingerprint density at radius 3 is 2.38 bits per heavy atom. The summed E-state index contributed by atoms with van der Waals surface area (Å²) < 4.78 is 0. The summed E-state index contributed by atoms with van der Waals surface area (Å²) in [6.45, 7) is 1.43. The predicted molar refractivity (Wildman–Crippen MR) is 50.6 cm³/mol. The van der Waals surface area contributed by atoms with Gasteiger partial charge in [-0.15, -0.1) is 0 Å². The summed E-state index contributed by atoms with van der Waals surface area (Å²) in [6.07, 6.45) is 0. The number of nitrogens with zero attached hydrogens (tertiary/aromatic N) is 1. The molecule has 1 heterocycles. The van der Waals surface area contributed by atoms with Gasteiger partial charge in [-0.25, -0.2) is 5.84 Å². The lowest BCUT2D eigenvalue weighted by atomic mass is 10.1. The highest BCUT2D eigenvalue weighted by atomic mass is 32.1. The van der Waals surface area contributed by atoms with Crippen molar-refractivity contribution in [3.63, 3.8) is 0 Å². The number of rotatable bonds is 2. The molecule has 0 saturated carbocycles. The summed E-state index contributed by atoms with van der Waals surface area (Å²) in [5, 5.41) is 4.25. The van der Waals surface area contributed by atoms with Crippen LogP contribution in [0.5, 0.6) is 0 Å². The molecule has 0 atom stereocenters. The molecule has 0 radical (unpaired) electrons. The molecule has 4 nitrogen and oxygen atoms in total. The second-order valence-corrected chi connectivity index (χ2v) is 3.41. The Bertz CT molecular complexity index is 344. The molecule has 1 rings (SSSR count). The van der Waals surface area contributed by atoms with Gasteiger partial charge in [-0.2, -0.15) is 11.3 Å². The van der Waals surface area contributed by atoms with E-state index >= 15 is 0 Å². The summed E-state index contributed by atoms with van der Waals surface area (Å²) >= 11 is 1.32. The molecule has 5 heteroatoms. The van der Waals surface area contributed by atoms with Crippen LogP contribution in [0.3, 0.4) is 0 Å². The molecule has 0 aliphatic carbocycles. The van der Waals surface area contributed by atoms with Gasteiger partial charge in [-0.3, -0.25) is 14.6 Å². The number of hydrogen-bond acceptors (Lipinski definition) is 4. The van der Waals surface area contributed by atoms with Gasteiger partial charge >= 0.3 is 0 Å². The van der Waals surface area contributed by atoms with E-state index in [2.05, 4.69) is 0 Å². The largest absolute Gasteiger partial charge is 0.294 e. The average molecular weight is 198 g/mol. The van der Waals surface area contributed by atoms with Gasteiger partial charge in [0.05, 0.1) is 5.56 Å². The number of thiophene rings is 1. The number of hydrazine groups is 1. The average Bonchev–Trinajstić information content (AvgIpc) is 2.50. The fraction of sp³-hybridized carbons (Fsp3) is 0.250. The lowest BCUT2D eigenvalue weighted by Gasteiger charge is -2.08. The zero-order valence-electron chi connectivity index (χ0n) is 7.40. The number of amides is 1. The van der Waals surface area contributed by atoms with E-state index in [-0.39, 0.29) is 11.7 Å². The molecular weight excluding hydrogens is 188 g/mol. The van der Waals surface area contributed by atoms with E-state index in [0.717, 1.165) is 5.01 Å². The first-order chi connectivity index (χ1) is 6.04. The molecule has 70 valence electrons. The molecule has 0 aliphatic rings. The molecule has 1 aromatic rings. The van der Waals surface area contributed by atoms with Crippen molar-refractivity contribution in [2.45, 2.75) is 6.92 Å². The molecule has 1 amide bonds. The maximum Gasteiger partial charge on any atom is 0.269 e. The number of carbonyl (C=O) groups excluding carboxylic acids is 2. The minimum Gasteiger partial charge on any atom is -0.294 e. The molecule has 0 unspecified atom stereocenters. The van der Waals surface area contributed by atoms with Gasteiger partial charge in [-0.05, 0) is 6.92 Å². The third kappa shape index (κ3) is 1.93. The maximum atomic E-state index is 11.4. The van der Waals surface area contributed by atoms with E-state index in [1.165, 1.54) is 25.3 Å². The van der Waals surface area contributed by atoms with Gasteiger partial charge < -0.3 is 0 Å². The SMILES string of the molecule is CC(=O)c1cscc1C(=O)N(C)N. The van der Waals surface area contributed by atoms with Crippen LogP contribution in [-0.4, -0.2) is 23.7 Å². The zero-order chi connectivity index (χ0) is 10.0. The van der Waals surface area contributed by atoms with E-state index in [1.54, 1.807) is 10.8 Å². The highest BCUT2D eigenvalue weighted by molar-refractivity contribution is 7.08. The van der Waals surface area contributed by atoms with Gasteiger partial charge in [0, 0.05) is 23.4 Å². The number of nitrogens with two attached hydrogens (primary N) is 1. The predicted octanol–water partition coefficient (Wildman–Crippen LogP) is 0.896. The van der Waals surface area contributed by atoms with Crippen molar-refractivity contribution in [1.82, 2.24) is 5.01 Å². The van der Waals surface area contributed by atoms with Crippen LogP contribution in [0.25, 0.3) is 0 Å². The van der Waals surface area contributed by atoms with Gasteiger partial charge in [0.25, 0.3) is 5.91 Å². The van der Waals surface area contributed by atoms with Crippen molar-refractivity contribution >= 4 is 23.0 Å². The van der Waals surface area contributed by atoms with Crippen LogP contribution in [-0.2, 0) is 0 Å². The Morgan fingerprint density at radius 1 is 1.38 bits per heavy atom. The van der Waals surface area contributed by atoms with E-state index in [1.807, 2.05) is 0 Å². The summed E-state index contributed by atoms with van der Waals surface area (Å²) in [5.74, 6) is 4.81. The van der Waals surface area contributed by atoms with Crippen molar-refractivity contribution in [3.8, 4) is 0 Å². The van der Waals surface area contributed by atoms with E-state index in [0.29, 0.717) is 11.1 Å². The molecule has 0 spiro atoms. The Hall–Kier alpha value is -1.20. The Balaban J connectivity index is 3.08. The third-order valence-corrected chi connectivity index (χ3v) is 2.34. The number of carbonyl (C=O) groups is 2. The highest BCUT2D eigenvalue weighted by Crippen LogP contribution is 2.16. The molecule has 0 saturated heterocycles. The van der Waals surface area contributed by atoms with Crippen LogP contribution in [0.1, 0.15) is 27.6 Å². The van der Waals surface area contributed by atoms with Gasteiger partial charge in [-0.1, -0.05) is 0 Å². The number of ketones is 1.